The Bertz CT molecular complexity index is 1150. The third kappa shape index (κ3) is 3.37. The number of nitrogens with one attached hydrogen (secondary N) is 1. The summed E-state index contributed by atoms with van der Waals surface area (Å²) in [7, 11) is 0. The fraction of sp³-hybridized carbons (Fsp3) is 0. The summed E-state index contributed by atoms with van der Waals surface area (Å²) in [6.45, 7) is 0. The number of carboxylic acids is 1. The van der Waals surface area contributed by atoms with Crippen LogP contribution in [0.5, 0.6) is 0 Å². The molecule has 0 unspecified atom stereocenters. The molecular formula is C23H16ClNO2. The van der Waals surface area contributed by atoms with Crippen LogP contribution < -0.4 is 5.32 Å². The molecule has 4 heteroatoms. The Balaban J connectivity index is 1.84. The topological polar surface area (TPSA) is 49.3 Å². The largest absolute Gasteiger partial charge is 0.478 e. The maximum absolute atomic E-state index is 11.5. The van der Waals surface area contributed by atoms with Crippen LogP contribution in [0, 0.1) is 0 Å². The van der Waals surface area contributed by atoms with Gasteiger partial charge in [-0.2, -0.15) is 0 Å². The van der Waals surface area contributed by atoms with E-state index in [1.165, 1.54) is 0 Å². The van der Waals surface area contributed by atoms with Crippen molar-refractivity contribution in [2.45, 2.75) is 0 Å². The SMILES string of the molecule is O=C(O)c1ccccc1Nc1cccc(Cl)c1-c1ccc2ccccc2c1. The van der Waals surface area contributed by atoms with E-state index in [9.17, 15) is 9.90 Å². The van der Waals surface area contributed by atoms with Crippen LogP contribution >= 0.6 is 11.6 Å². The fourth-order valence-corrected chi connectivity index (χ4v) is 3.47. The lowest BCUT2D eigenvalue weighted by atomic mass is 9.99. The van der Waals surface area contributed by atoms with Crippen molar-refractivity contribution in [3.05, 3.63) is 95.5 Å². The van der Waals surface area contributed by atoms with Crippen LogP contribution in [0.15, 0.2) is 84.9 Å². The van der Waals surface area contributed by atoms with Gasteiger partial charge in [-0.15, -0.1) is 0 Å². The Kier molecular flexibility index (Phi) is 4.53. The van der Waals surface area contributed by atoms with E-state index in [4.69, 9.17) is 11.6 Å². The number of anilines is 2. The van der Waals surface area contributed by atoms with Crippen molar-refractivity contribution >= 4 is 39.7 Å². The lowest BCUT2D eigenvalue weighted by molar-refractivity contribution is 0.0698. The third-order valence-electron chi connectivity index (χ3n) is 4.48. The lowest BCUT2D eigenvalue weighted by Gasteiger charge is -2.16. The minimum absolute atomic E-state index is 0.210. The number of para-hydroxylation sites is 1. The maximum Gasteiger partial charge on any atom is 0.337 e. The van der Waals surface area contributed by atoms with Crippen LogP contribution in [0.1, 0.15) is 10.4 Å². The Morgan fingerprint density at radius 2 is 1.48 bits per heavy atom. The van der Waals surface area contributed by atoms with Gasteiger partial charge in [0.1, 0.15) is 0 Å². The van der Waals surface area contributed by atoms with Gasteiger partial charge >= 0.3 is 5.97 Å². The van der Waals surface area contributed by atoms with E-state index in [0.29, 0.717) is 10.7 Å². The predicted molar refractivity (Wildman–Crippen MR) is 111 cm³/mol. The molecular weight excluding hydrogens is 358 g/mol. The van der Waals surface area contributed by atoms with Gasteiger partial charge in [0.2, 0.25) is 0 Å². The zero-order valence-corrected chi connectivity index (χ0v) is 15.1. The van der Waals surface area contributed by atoms with Gasteiger partial charge in [0.15, 0.2) is 0 Å². The molecule has 0 aliphatic rings. The Morgan fingerprint density at radius 3 is 2.30 bits per heavy atom. The van der Waals surface area contributed by atoms with Crippen molar-refractivity contribution in [3.63, 3.8) is 0 Å². The standard InChI is InChI=1S/C23H16ClNO2/c24-19-9-5-11-21(25-20-10-4-3-8-18(20)23(26)27)22(19)17-13-12-15-6-1-2-7-16(15)14-17/h1-14,25H,(H,26,27). The molecule has 0 fully saturated rings. The molecule has 4 aromatic carbocycles. The Hall–Kier alpha value is -3.30. The Morgan fingerprint density at radius 1 is 0.778 bits per heavy atom. The minimum atomic E-state index is -0.979. The number of halogens is 1. The van der Waals surface area contributed by atoms with Crippen LogP contribution in [0.25, 0.3) is 21.9 Å². The zero-order chi connectivity index (χ0) is 18.8. The van der Waals surface area contributed by atoms with E-state index in [1.807, 2.05) is 36.4 Å². The first-order valence-electron chi connectivity index (χ1n) is 8.50. The lowest BCUT2D eigenvalue weighted by Crippen LogP contribution is -2.03. The number of hydrogen-bond donors (Lipinski definition) is 2. The summed E-state index contributed by atoms with van der Waals surface area (Å²) < 4.78 is 0. The van der Waals surface area contributed by atoms with Gasteiger partial charge in [-0.05, 0) is 46.7 Å². The molecule has 27 heavy (non-hydrogen) atoms. The molecule has 3 nitrogen and oxygen atoms in total. The number of carbonyl (C=O) groups is 1. The van der Waals surface area contributed by atoms with Crippen molar-refractivity contribution in [2.75, 3.05) is 5.32 Å². The average Bonchev–Trinajstić information content (AvgIpc) is 2.68. The summed E-state index contributed by atoms with van der Waals surface area (Å²) in [5.74, 6) is -0.979. The van der Waals surface area contributed by atoms with E-state index in [0.717, 1.165) is 27.6 Å². The molecule has 0 amide bonds. The van der Waals surface area contributed by atoms with Gasteiger partial charge in [-0.3, -0.25) is 0 Å². The number of carboxylic acid groups (broad SMARTS) is 1. The summed E-state index contributed by atoms with van der Waals surface area (Å²) in [5, 5.41) is 15.6. The summed E-state index contributed by atoms with van der Waals surface area (Å²) in [5.41, 5.74) is 3.29. The highest BCUT2D eigenvalue weighted by Crippen LogP contribution is 2.38. The molecule has 0 heterocycles. The third-order valence-corrected chi connectivity index (χ3v) is 4.79. The summed E-state index contributed by atoms with van der Waals surface area (Å²) in [4.78, 5) is 11.5. The molecule has 2 N–H and O–H groups in total. The van der Waals surface area contributed by atoms with Crippen LogP contribution in [-0.4, -0.2) is 11.1 Å². The number of benzene rings is 4. The number of hydrogen-bond acceptors (Lipinski definition) is 2. The summed E-state index contributed by atoms with van der Waals surface area (Å²) in [6.07, 6.45) is 0. The number of rotatable bonds is 4. The van der Waals surface area contributed by atoms with Crippen LogP contribution in [0.2, 0.25) is 5.02 Å². The van der Waals surface area contributed by atoms with Crippen LogP contribution in [0.4, 0.5) is 11.4 Å². The van der Waals surface area contributed by atoms with Gasteiger partial charge < -0.3 is 10.4 Å². The van der Waals surface area contributed by atoms with E-state index in [1.54, 1.807) is 24.3 Å². The molecule has 4 aromatic rings. The van der Waals surface area contributed by atoms with Crippen LogP contribution in [-0.2, 0) is 0 Å². The average molecular weight is 374 g/mol. The second kappa shape index (κ2) is 7.14. The van der Waals surface area contributed by atoms with Gasteiger partial charge in [-0.1, -0.05) is 66.2 Å². The van der Waals surface area contributed by atoms with E-state index in [2.05, 4.69) is 29.6 Å². The van der Waals surface area contributed by atoms with Gasteiger partial charge in [0.25, 0.3) is 0 Å². The first-order chi connectivity index (χ1) is 13.1. The Labute approximate surface area is 161 Å². The molecule has 0 aromatic heterocycles. The van der Waals surface area contributed by atoms with Gasteiger partial charge in [-0.25, -0.2) is 4.79 Å². The monoisotopic (exact) mass is 373 g/mol. The first-order valence-corrected chi connectivity index (χ1v) is 8.88. The van der Waals surface area contributed by atoms with Gasteiger partial charge in [0.05, 0.1) is 16.3 Å². The molecule has 132 valence electrons. The second-order valence-corrected chi connectivity index (χ2v) is 6.61. The molecule has 0 saturated heterocycles. The van der Waals surface area contributed by atoms with Crippen molar-refractivity contribution < 1.29 is 9.90 Å². The molecule has 0 radical (unpaired) electrons. The number of aromatic carboxylic acids is 1. The normalized spacial score (nSPS) is 10.7. The zero-order valence-electron chi connectivity index (χ0n) is 14.3. The molecule has 0 aliphatic heterocycles. The van der Waals surface area contributed by atoms with E-state index >= 15 is 0 Å². The van der Waals surface area contributed by atoms with E-state index in [-0.39, 0.29) is 5.56 Å². The maximum atomic E-state index is 11.5. The van der Waals surface area contributed by atoms with Gasteiger partial charge in [0, 0.05) is 11.3 Å². The predicted octanol–water partition coefficient (Wildman–Crippen LogP) is 6.60. The molecule has 0 spiro atoms. The summed E-state index contributed by atoms with van der Waals surface area (Å²) in [6, 6.07) is 26.7. The highest BCUT2D eigenvalue weighted by atomic mass is 35.5. The van der Waals surface area contributed by atoms with Crippen LogP contribution in [0.3, 0.4) is 0 Å². The quantitative estimate of drug-likeness (QED) is 0.423. The van der Waals surface area contributed by atoms with Crippen molar-refractivity contribution in [2.24, 2.45) is 0 Å². The first kappa shape index (κ1) is 17.1. The molecule has 0 atom stereocenters. The highest BCUT2D eigenvalue weighted by molar-refractivity contribution is 6.34. The fourth-order valence-electron chi connectivity index (χ4n) is 3.19. The van der Waals surface area contributed by atoms with Crippen molar-refractivity contribution in [1.82, 2.24) is 0 Å². The number of fused-ring (bicyclic) bond motifs is 1. The van der Waals surface area contributed by atoms with E-state index < -0.39 is 5.97 Å². The van der Waals surface area contributed by atoms with Crippen molar-refractivity contribution in [3.8, 4) is 11.1 Å². The molecule has 0 bridgehead atoms. The summed E-state index contributed by atoms with van der Waals surface area (Å²) >= 11 is 6.53. The second-order valence-electron chi connectivity index (χ2n) is 6.20. The van der Waals surface area contributed by atoms with Crippen molar-refractivity contribution in [1.29, 1.82) is 0 Å². The smallest absolute Gasteiger partial charge is 0.337 e. The minimum Gasteiger partial charge on any atom is -0.478 e. The molecule has 0 aliphatic carbocycles. The molecule has 0 saturated carbocycles. The highest BCUT2D eigenvalue weighted by Gasteiger charge is 2.14. The molecule has 4 rings (SSSR count).